The number of carbonyl (C=O) groups is 2. The van der Waals surface area contributed by atoms with Gasteiger partial charge >= 0.3 is 12.1 Å². The number of hydrogen-bond acceptors (Lipinski definition) is 9. The summed E-state index contributed by atoms with van der Waals surface area (Å²) in [6.07, 6.45) is 0.649. The van der Waals surface area contributed by atoms with Gasteiger partial charge < -0.3 is 33.4 Å². The highest BCUT2D eigenvalue weighted by molar-refractivity contribution is 5.87. The van der Waals surface area contributed by atoms with Crippen LogP contribution >= 0.6 is 0 Å². The molecule has 202 valence electrons. The molecule has 1 heterocycles. The molecule has 0 aromatic carbocycles. The fourth-order valence-electron chi connectivity index (χ4n) is 2.66. The van der Waals surface area contributed by atoms with E-state index in [1.54, 1.807) is 20.8 Å². The minimum absolute atomic E-state index is 0.114. The fourth-order valence-corrected chi connectivity index (χ4v) is 2.66. The summed E-state index contributed by atoms with van der Waals surface area (Å²) >= 11 is 0. The third kappa shape index (κ3) is 14.3. The summed E-state index contributed by atoms with van der Waals surface area (Å²) in [5, 5.41) is 12.4. The zero-order valence-electron chi connectivity index (χ0n) is 21.0. The van der Waals surface area contributed by atoms with Gasteiger partial charge in [0, 0.05) is 23.7 Å². The van der Waals surface area contributed by atoms with E-state index in [2.05, 4.69) is 10.0 Å². The molecular weight excluding hydrogens is 478 g/mol. The molecule has 0 fully saturated rings. The Bertz CT molecular complexity index is 910. The van der Waals surface area contributed by atoms with Crippen molar-refractivity contribution in [3.05, 3.63) is 39.1 Å². The summed E-state index contributed by atoms with van der Waals surface area (Å²) in [4.78, 5) is 39.6. The summed E-state index contributed by atoms with van der Waals surface area (Å²) in [6.45, 7) is 7.71. The summed E-state index contributed by atoms with van der Waals surface area (Å²) < 4.78 is 28.0. The van der Waals surface area contributed by atoms with Crippen molar-refractivity contribution in [2.24, 2.45) is 5.11 Å². The van der Waals surface area contributed by atoms with E-state index in [-0.39, 0.29) is 26.3 Å². The Morgan fingerprint density at radius 1 is 1.00 bits per heavy atom. The third-order valence-corrected chi connectivity index (χ3v) is 4.17. The highest BCUT2D eigenvalue weighted by atomic mass is 16.6. The maximum atomic E-state index is 12.7. The fraction of sp³-hybridized carbons (Fsp3) is 0.682. The van der Waals surface area contributed by atoms with Crippen molar-refractivity contribution in [2.45, 2.75) is 32.9 Å². The molecule has 14 heteroatoms. The molecule has 36 heavy (non-hydrogen) atoms. The molecule has 0 saturated carbocycles. The number of aliphatic carboxylic acids is 1. The van der Waals surface area contributed by atoms with Crippen molar-refractivity contribution >= 4 is 17.7 Å². The quantitative estimate of drug-likeness (QED) is 0.133. The maximum absolute atomic E-state index is 12.7. The van der Waals surface area contributed by atoms with E-state index in [1.165, 1.54) is 23.2 Å². The van der Waals surface area contributed by atoms with Gasteiger partial charge in [-0.05, 0) is 32.4 Å². The second kappa shape index (κ2) is 17.3. The lowest BCUT2D eigenvalue weighted by Crippen LogP contribution is -2.39. The number of azide groups is 1. The number of amides is 1. The highest BCUT2D eigenvalue weighted by Crippen LogP contribution is 2.17. The summed E-state index contributed by atoms with van der Waals surface area (Å²) in [5.74, 6) is -1.18. The van der Waals surface area contributed by atoms with Gasteiger partial charge in [-0.3, -0.25) is 14.5 Å². The third-order valence-electron chi connectivity index (χ3n) is 4.17. The Morgan fingerprint density at radius 3 is 2.08 bits per heavy atom. The zero-order valence-corrected chi connectivity index (χ0v) is 21.0. The molecule has 0 saturated heterocycles. The summed E-state index contributed by atoms with van der Waals surface area (Å²) in [5.41, 5.74) is 7.20. The number of nitrogens with zero attached hydrogens (tertiary/aromatic N) is 5. The standard InChI is InChI=1S/C22H35N5O9/c1-22(2,3)36-21(31)27(18-4-5-19(28)26(16-18)17-20(29)30)7-9-33-11-13-35-15-14-34-12-10-32-8-6-24-25-23/h4-5,16H,6-15,17H2,1-3H3,(H,29,30). The number of pyridine rings is 1. The van der Waals surface area contributed by atoms with E-state index < -0.39 is 29.8 Å². The van der Waals surface area contributed by atoms with Crippen LogP contribution in [0.1, 0.15) is 20.8 Å². The Balaban J connectivity index is 2.41. The lowest BCUT2D eigenvalue weighted by Gasteiger charge is -2.27. The van der Waals surface area contributed by atoms with Gasteiger partial charge in [-0.1, -0.05) is 5.11 Å². The molecule has 1 amide bonds. The van der Waals surface area contributed by atoms with Crippen molar-refractivity contribution in [1.82, 2.24) is 4.57 Å². The topological polar surface area (TPSA) is 175 Å². The molecule has 1 aromatic rings. The van der Waals surface area contributed by atoms with Crippen LogP contribution in [0.3, 0.4) is 0 Å². The lowest BCUT2D eigenvalue weighted by molar-refractivity contribution is -0.137. The van der Waals surface area contributed by atoms with Crippen LogP contribution in [0, 0.1) is 0 Å². The van der Waals surface area contributed by atoms with Crippen molar-refractivity contribution in [3.8, 4) is 0 Å². The van der Waals surface area contributed by atoms with E-state index in [0.717, 1.165) is 4.57 Å². The molecule has 0 spiro atoms. The largest absolute Gasteiger partial charge is 0.480 e. The van der Waals surface area contributed by atoms with Crippen molar-refractivity contribution in [1.29, 1.82) is 0 Å². The van der Waals surface area contributed by atoms with Crippen molar-refractivity contribution < 1.29 is 38.4 Å². The monoisotopic (exact) mass is 513 g/mol. The second-order valence-corrected chi connectivity index (χ2v) is 8.28. The molecular formula is C22H35N5O9. The van der Waals surface area contributed by atoms with Crippen LogP contribution in [0.4, 0.5) is 10.5 Å². The first kappa shape index (κ1) is 30.9. The normalized spacial score (nSPS) is 11.1. The first-order valence-corrected chi connectivity index (χ1v) is 11.4. The van der Waals surface area contributed by atoms with Gasteiger partial charge in [-0.25, -0.2) is 4.79 Å². The van der Waals surface area contributed by atoms with Gasteiger partial charge in [-0.15, -0.1) is 0 Å². The number of anilines is 1. The number of carboxylic acid groups (broad SMARTS) is 1. The smallest absolute Gasteiger partial charge is 0.414 e. The average Bonchev–Trinajstić information content (AvgIpc) is 2.79. The summed E-state index contributed by atoms with van der Waals surface area (Å²) in [7, 11) is 0. The van der Waals surface area contributed by atoms with Crippen LogP contribution in [0.25, 0.3) is 10.4 Å². The van der Waals surface area contributed by atoms with Gasteiger partial charge in [0.2, 0.25) is 0 Å². The minimum Gasteiger partial charge on any atom is -0.480 e. The predicted molar refractivity (Wildman–Crippen MR) is 129 cm³/mol. The molecule has 0 aliphatic rings. The van der Waals surface area contributed by atoms with Crippen molar-refractivity contribution in [2.75, 3.05) is 70.8 Å². The van der Waals surface area contributed by atoms with Crippen LogP contribution in [-0.4, -0.2) is 93.3 Å². The maximum Gasteiger partial charge on any atom is 0.414 e. The van der Waals surface area contributed by atoms with Gasteiger partial charge in [-0.2, -0.15) is 0 Å². The van der Waals surface area contributed by atoms with Gasteiger partial charge in [0.15, 0.2) is 0 Å². The predicted octanol–water partition coefficient (Wildman–Crippen LogP) is 2.05. The SMILES string of the molecule is CC(C)(C)OC(=O)N(CCOCCOCCOCCOCCN=[N+]=[N-])c1ccc(=O)n(CC(=O)O)c1. The molecule has 0 aliphatic heterocycles. The highest BCUT2D eigenvalue weighted by Gasteiger charge is 2.24. The Kier molecular flexibility index (Phi) is 14.8. The molecule has 0 atom stereocenters. The van der Waals surface area contributed by atoms with Gasteiger partial charge in [0.05, 0.1) is 65.1 Å². The Morgan fingerprint density at radius 2 is 1.56 bits per heavy atom. The molecule has 0 bridgehead atoms. The number of carboxylic acids is 1. The molecule has 1 aromatic heterocycles. The van der Waals surface area contributed by atoms with Gasteiger partial charge in [0.1, 0.15) is 12.1 Å². The van der Waals surface area contributed by atoms with E-state index in [0.29, 0.717) is 45.3 Å². The van der Waals surface area contributed by atoms with Gasteiger partial charge in [0.25, 0.3) is 5.56 Å². The molecule has 0 radical (unpaired) electrons. The lowest BCUT2D eigenvalue weighted by atomic mass is 10.2. The Labute approximate surface area is 209 Å². The van der Waals surface area contributed by atoms with Crippen LogP contribution in [-0.2, 0) is 35.0 Å². The first-order valence-electron chi connectivity index (χ1n) is 11.4. The van der Waals surface area contributed by atoms with Crippen molar-refractivity contribution in [3.63, 3.8) is 0 Å². The number of ether oxygens (including phenoxy) is 5. The average molecular weight is 514 g/mol. The summed E-state index contributed by atoms with van der Waals surface area (Å²) in [6, 6.07) is 2.63. The van der Waals surface area contributed by atoms with E-state index in [1.807, 2.05) is 0 Å². The first-order chi connectivity index (χ1) is 17.1. The van der Waals surface area contributed by atoms with E-state index in [4.69, 9.17) is 34.3 Å². The number of aromatic nitrogens is 1. The zero-order chi connectivity index (χ0) is 26.8. The molecule has 0 aliphatic carbocycles. The minimum atomic E-state index is -1.18. The molecule has 1 rings (SSSR count). The molecule has 1 N–H and O–H groups in total. The second-order valence-electron chi connectivity index (χ2n) is 8.28. The van der Waals surface area contributed by atoms with E-state index in [9.17, 15) is 14.4 Å². The number of hydrogen-bond donors (Lipinski definition) is 1. The van der Waals surface area contributed by atoms with Crippen LogP contribution in [0.5, 0.6) is 0 Å². The number of rotatable bonds is 18. The van der Waals surface area contributed by atoms with Crippen LogP contribution < -0.4 is 10.5 Å². The molecule has 0 unspecified atom stereocenters. The van der Waals surface area contributed by atoms with Crippen LogP contribution in [0.2, 0.25) is 0 Å². The Hall–Kier alpha value is -3.16. The molecule has 14 nitrogen and oxygen atoms in total. The van der Waals surface area contributed by atoms with E-state index >= 15 is 0 Å². The number of carbonyl (C=O) groups excluding carboxylic acids is 1. The van der Waals surface area contributed by atoms with Crippen LogP contribution in [0.15, 0.2) is 28.2 Å².